The fraction of sp³-hybridized carbons (Fsp3) is 0.385. The number of hydrogen-bond acceptors (Lipinski definition) is 5. The van der Waals surface area contributed by atoms with Crippen LogP contribution in [0, 0.1) is 0 Å². The van der Waals surface area contributed by atoms with Gasteiger partial charge in [0.1, 0.15) is 24.1 Å². The number of rotatable bonds is 3. The summed E-state index contributed by atoms with van der Waals surface area (Å²) in [4.78, 5) is 30.7. The first-order chi connectivity index (χ1) is 8.90. The van der Waals surface area contributed by atoms with Gasteiger partial charge in [-0.1, -0.05) is 0 Å². The van der Waals surface area contributed by atoms with Crippen LogP contribution in [0.5, 0.6) is 0 Å². The van der Waals surface area contributed by atoms with E-state index < -0.39 is 5.60 Å². The average Bonchev–Trinajstić information content (AvgIpc) is 2.65. The van der Waals surface area contributed by atoms with E-state index in [1.165, 1.54) is 6.33 Å². The molecule has 0 amide bonds. The Hall–Kier alpha value is -2.24. The summed E-state index contributed by atoms with van der Waals surface area (Å²) < 4.78 is 6.83. The lowest BCUT2D eigenvalue weighted by Crippen LogP contribution is -2.26. The van der Waals surface area contributed by atoms with Crippen molar-refractivity contribution in [1.82, 2.24) is 14.5 Å². The Labute approximate surface area is 110 Å². The van der Waals surface area contributed by atoms with E-state index >= 15 is 0 Å². The van der Waals surface area contributed by atoms with Crippen molar-refractivity contribution in [2.45, 2.75) is 32.9 Å². The second-order valence-electron chi connectivity index (χ2n) is 5.18. The molecule has 0 saturated heterocycles. The van der Waals surface area contributed by atoms with E-state index in [0.717, 1.165) is 6.29 Å². The Morgan fingerprint density at radius 3 is 2.84 bits per heavy atom. The molecule has 2 aromatic rings. The molecule has 0 spiro atoms. The van der Waals surface area contributed by atoms with E-state index in [2.05, 4.69) is 9.97 Å². The molecule has 0 bridgehead atoms. The fourth-order valence-electron chi connectivity index (χ4n) is 1.78. The predicted molar refractivity (Wildman–Crippen MR) is 68.8 cm³/mol. The summed E-state index contributed by atoms with van der Waals surface area (Å²) in [7, 11) is 0. The Morgan fingerprint density at radius 2 is 2.21 bits per heavy atom. The minimum Gasteiger partial charge on any atom is -0.459 e. The number of ether oxygens (including phenoxy) is 1. The lowest BCUT2D eigenvalue weighted by Gasteiger charge is -2.19. The molecule has 0 saturated carbocycles. The van der Waals surface area contributed by atoms with Crippen LogP contribution in [0.4, 0.5) is 0 Å². The first kappa shape index (κ1) is 13.2. The zero-order valence-corrected chi connectivity index (χ0v) is 11.1. The summed E-state index contributed by atoms with van der Waals surface area (Å²) in [5.41, 5.74) is 0.463. The lowest BCUT2D eigenvalue weighted by molar-refractivity contribution is -0.155. The average molecular weight is 261 g/mol. The van der Waals surface area contributed by atoms with Crippen LogP contribution in [0.2, 0.25) is 0 Å². The lowest BCUT2D eigenvalue weighted by atomic mass is 10.2. The van der Waals surface area contributed by atoms with Crippen LogP contribution in [0.1, 0.15) is 31.1 Å². The van der Waals surface area contributed by atoms with E-state index in [0.29, 0.717) is 16.6 Å². The number of esters is 1. The molecule has 0 unspecified atom stereocenters. The van der Waals surface area contributed by atoms with Gasteiger partial charge in [-0.15, -0.1) is 0 Å². The van der Waals surface area contributed by atoms with Crippen LogP contribution in [-0.4, -0.2) is 32.4 Å². The zero-order valence-electron chi connectivity index (χ0n) is 11.1. The van der Waals surface area contributed by atoms with Gasteiger partial charge in [-0.25, -0.2) is 9.97 Å². The van der Waals surface area contributed by atoms with Crippen molar-refractivity contribution in [3.05, 3.63) is 24.3 Å². The van der Waals surface area contributed by atoms with Gasteiger partial charge in [-0.05, 0) is 20.8 Å². The molecule has 2 rings (SSSR count). The quantitative estimate of drug-likeness (QED) is 0.619. The van der Waals surface area contributed by atoms with Gasteiger partial charge < -0.3 is 9.30 Å². The van der Waals surface area contributed by atoms with Gasteiger partial charge in [0.25, 0.3) is 0 Å². The summed E-state index contributed by atoms with van der Waals surface area (Å²) in [6.07, 6.45) is 5.23. The SMILES string of the molecule is CC(C)(C)OC(=O)Cn1cc(C=O)c2cncnc21. The summed E-state index contributed by atoms with van der Waals surface area (Å²) in [6, 6.07) is 0. The molecule has 6 nitrogen and oxygen atoms in total. The van der Waals surface area contributed by atoms with Crippen LogP contribution >= 0.6 is 0 Å². The molecule has 0 fully saturated rings. The van der Waals surface area contributed by atoms with Gasteiger partial charge in [0, 0.05) is 23.3 Å². The van der Waals surface area contributed by atoms with Crippen LogP contribution in [0.25, 0.3) is 11.0 Å². The summed E-state index contributed by atoms with van der Waals surface area (Å²) in [5.74, 6) is -0.375. The number of carbonyl (C=O) groups is 2. The molecular weight excluding hydrogens is 246 g/mol. The van der Waals surface area contributed by atoms with Crippen molar-refractivity contribution in [3.63, 3.8) is 0 Å². The number of aldehydes is 1. The Bertz CT molecular complexity index is 626. The van der Waals surface area contributed by atoms with Crippen LogP contribution in [0.3, 0.4) is 0 Å². The van der Waals surface area contributed by atoms with Crippen molar-refractivity contribution in [1.29, 1.82) is 0 Å². The second kappa shape index (κ2) is 4.79. The number of carbonyl (C=O) groups excluding carboxylic acids is 2. The standard InChI is InChI=1S/C13H15N3O3/c1-13(2,3)19-11(18)6-16-5-9(7-17)10-4-14-8-15-12(10)16/h4-5,7-8H,6H2,1-3H3. The van der Waals surface area contributed by atoms with Gasteiger partial charge in [-0.2, -0.15) is 0 Å². The molecule has 0 aliphatic carbocycles. The highest BCUT2D eigenvalue weighted by Gasteiger charge is 2.18. The smallest absolute Gasteiger partial charge is 0.326 e. The van der Waals surface area contributed by atoms with Crippen LogP contribution in [0.15, 0.2) is 18.7 Å². The predicted octanol–water partition coefficient (Wildman–Crippen LogP) is 1.59. The first-order valence-corrected chi connectivity index (χ1v) is 5.86. The van der Waals surface area contributed by atoms with Crippen LogP contribution < -0.4 is 0 Å². The Morgan fingerprint density at radius 1 is 1.47 bits per heavy atom. The third-order valence-electron chi connectivity index (χ3n) is 2.42. The summed E-state index contributed by atoms with van der Waals surface area (Å²) in [6.45, 7) is 5.42. The largest absolute Gasteiger partial charge is 0.459 e. The van der Waals surface area contributed by atoms with Crippen LogP contribution in [-0.2, 0) is 16.1 Å². The van der Waals surface area contributed by atoms with Gasteiger partial charge in [0.05, 0.1) is 0 Å². The molecule has 0 aliphatic heterocycles. The second-order valence-corrected chi connectivity index (χ2v) is 5.18. The molecular formula is C13H15N3O3. The minimum absolute atomic E-state index is 0.0125. The van der Waals surface area contributed by atoms with E-state index in [1.54, 1.807) is 37.7 Å². The van der Waals surface area contributed by atoms with E-state index in [1.807, 2.05) is 0 Å². The molecule has 100 valence electrons. The zero-order chi connectivity index (χ0) is 14.0. The van der Waals surface area contributed by atoms with Gasteiger partial charge >= 0.3 is 5.97 Å². The molecule has 6 heteroatoms. The van der Waals surface area contributed by atoms with Gasteiger partial charge in [0.2, 0.25) is 0 Å². The molecule has 0 aliphatic rings. The normalized spacial score (nSPS) is 11.5. The maximum absolute atomic E-state index is 11.8. The molecule has 2 heterocycles. The molecule has 19 heavy (non-hydrogen) atoms. The summed E-state index contributed by atoms with van der Waals surface area (Å²) >= 11 is 0. The monoisotopic (exact) mass is 261 g/mol. The fourth-order valence-corrected chi connectivity index (χ4v) is 1.78. The Kier molecular flexibility index (Phi) is 3.33. The molecule has 0 aromatic carbocycles. The maximum Gasteiger partial charge on any atom is 0.326 e. The highest BCUT2D eigenvalue weighted by molar-refractivity contribution is 5.95. The van der Waals surface area contributed by atoms with E-state index in [9.17, 15) is 9.59 Å². The highest BCUT2D eigenvalue weighted by atomic mass is 16.6. The van der Waals surface area contributed by atoms with Gasteiger partial charge in [0.15, 0.2) is 6.29 Å². The Balaban J connectivity index is 2.31. The highest BCUT2D eigenvalue weighted by Crippen LogP contribution is 2.17. The van der Waals surface area contributed by atoms with Crippen molar-refractivity contribution < 1.29 is 14.3 Å². The van der Waals surface area contributed by atoms with Crippen molar-refractivity contribution in [3.8, 4) is 0 Å². The summed E-state index contributed by atoms with van der Waals surface area (Å²) in [5, 5.41) is 0.626. The third kappa shape index (κ3) is 2.96. The molecule has 0 atom stereocenters. The van der Waals surface area contributed by atoms with Gasteiger partial charge in [-0.3, -0.25) is 9.59 Å². The molecule has 0 N–H and O–H groups in total. The molecule has 0 radical (unpaired) electrons. The van der Waals surface area contributed by atoms with Crippen molar-refractivity contribution in [2.75, 3.05) is 0 Å². The number of hydrogen-bond donors (Lipinski definition) is 0. The van der Waals surface area contributed by atoms with E-state index in [-0.39, 0.29) is 12.5 Å². The number of fused-ring (bicyclic) bond motifs is 1. The van der Waals surface area contributed by atoms with E-state index in [4.69, 9.17) is 4.74 Å². The van der Waals surface area contributed by atoms with Crippen molar-refractivity contribution in [2.24, 2.45) is 0 Å². The van der Waals surface area contributed by atoms with Crippen molar-refractivity contribution >= 4 is 23.3 Å². The number of nitrogens with zero attached hydrogens (tertiary/aromatic N) is 3. The first-order valence-electron chi connectivity index (χ1n) is 5.86. The number of aromatic nitrogens is 3. The minimum atomic E-state index is -0.539. The molecule has 2 aromatic heterocycles. The maximum atomic E-state index is 11.8. The topological polar surface area (TPSA) is 74.1 Å². The third-order valence-corrected chi connectivity index (χ3v) is 2.42.